The number of nitrogens with zero attached hydrogens (tertiary/aromatic N) is 4. The van der Waals surface area contributed by atoms with Gasteiger partial charge in [0, 0.05) is 30.8 Å². The number of carbonyl (C=O) groups is 1. The van der Waals surface area contributed by atoms with Crippen molar-refractivity contribution in [1.82, 2.24) is 15.0 Å². The van der Waals surface area contributed by atoms with Gasteiger partial charge in [0.15, 0.2) is 0 Å². The van der Waals surface area contributed by atoms with Crippen LogP contribution < -0.4 is 9.64 Å². The molecule has 11 heteroatoms. The zero-order chi connectivity index (χ0) is 27.6. The number of aryl methyl sites for hydroxylation is 1. The minimum atomic E-state index is -4.60. The number of carboxylic acids is 1. The molecule has 202 valence electrons. The highest BCUT2D eigenvalue weighted by Crippen LogP contribution is 2.38. The summed E-state index contributed by atoms with van der Waals surface area (Å²) in [6.07, 6.45) is -3.69. The molecule has 1 fully saturated rings. The second-order valence-electron chi connectivity index (χ2n) is 9.36. The third-order valence-corrected chi connectivity index (χ3v) is 6.67. The Labute approximate surface area is 222 Å². The van der Waals surface area contributed by atoms with E-state index in [4.69, 9.17) is 9.15 Å². The Morgan fingerprint density at radius 3 is 2.64 bits per heavy atom. The molecule has 2 aromatic carbocycles. The van der Waals surface area contributed by atoms with Crippen LogP contribution >= 0.6 is 0 Å². The van der Waals surface area contributed by atoms with Crippen molar-refractivity contribution >= 4 is 11.9 Å². The molecular formula is C28H25F3N4O4. The molecule has 1 aliphatic rings. The first kappa shape index (κ1) is 26.2. The van der Waals surface area contributed by atoms with Gasteiger partial charge in [-0.25, -0.2) is 15.0 Å². The van der Waals surface area contributed by atoms with Crippen molar-refractivity contribution in [2.75, 3.05) is 18.0 Å². The molecule has 5 rings (SSSR count). The fraction of sp³-hybridized carbons (Fsp3) is 0.286. The van der Waals surface area contributed by atoms with Gasteiger partial charge >= 0.3 is 12.1 Å². The molecule has 2 aromatic heterocycles. The predicted molar refractivity (Wildman–Crippen MR) is 135 cm³/mol. The van der Waals surface area contributed by atoms with Gasteiger partial charge in [-0.15, -0.1) is 0 Å². The minimum Gasteiger partial charge on any atom is -0.487 e. The Balaban J connectivity index is 1.33. The second kappa shape index (κ2) is 10.8. The van der Waals surface area contributed by atoms with Crippen molar-refractivity contribution in [2.24, 2.45) is 5.92 Å². The number of alkyl halides is 3. The average Bonchev–Trinajstić information content (AvgIpc) is 3.51. The maximum absolute atomic E-state index is 13.2. The van der Waals surface area contributed by atoms with Gasteiger partial charge in [-0.3, -0.25) is 4.79 Å². The lowest BCUT2D eigenvalue weighted by molar-refractivity contribution is -0.141. The zero-order valence-corrected chi connectivity index (χ0v) is 20.9. The number of rotatable bonds is 8. The van der Waals surface area contributed by atoms with Crippen molar-refractivity contribution in [3.8, 4) is 17.2 Å². The summed E-state index contributed by atoms with van der Waals surface area (Å²) >= 11 is 0. The van der Waals surface area contributed by atoms with Crippen LogP contribution in [0.2, 0.25) is 0 Å². The van der Waals surface area contributed by atoms with E-state index in [-0.39, 0.29) is 43.9 Å². The highest BCUT2D eigenvalue weighted by molar-refractivity contribution is 5.67. The molecule has 2 atom stereocenters. The molecule has 3 heterocycles. The number of benzene rings is 2. The van der Waals surface area contributed by atoms with E-state index in [9.17, 15) is 23.1 Å². The maximum atomic E-state index is 13.2. The van der Waals surface area contributed by atoms with Crippen molar-refractivity contribution in [2.45, 2.75) is 32.0 Å². The smallest absolute Gasteiger partial charge is 0.433 e. The van der Waals surface area contributed by atoms with E-state index in [0.29, 0.717) is 23.1 Å². The Bertz CT molecular complexity index is 1460. The first-order valence-electron chi connectivity index (χ1n) is 12.3. The Kier molecular flexibility index (Phi) is 7.23. The molecule has 1 aliphatic heterocycles. The van der Waals surface area contributed by atoms with E-state index < -0.39 is 17.8 Å². The normalized spacial score (nSPS) is 17.4. The van der Waals surface area contributed by atoms with Crippen LogP contribution in [0.3, 0.4) is 0 Å². The Morgan fingerprint density at radius 1 is 1.10 bits per heavy atom. The Hall–Kier alpha value is -4.41. The quantitative estimate of drug-likeness (QED) is 0.303. The minimum absolute atomic E-state index is 0.0779. The van der Waals surface area contributed by atoms with Crippen LogP contribution in [0.25, 0.3) is 11.5 Å². The highest BCUT2D eigenvalue weighted by atomic mass is 19.4. The molecule has 0 amide bonds. The molecule has 4 aromatic rings. The third kappa shape index (κ3) is 6.02. The third-order valence-electron chi connectivity index (χ3n) is 6.67. The number of ether oxygens (including phenoxy) is 1. The number of carboxylic acid groups (broad SMARTS) is 1. The van der Waals surface area contributed by atoms with Gasteiger partial charge in [0.1, 0.15) is 29.5 Å². The first-order chi connectivity index (χ1) is 18.7. The van der Waals surface area contributed by atoms with E-state index in [0.717, 1.165) is 23.4 Å². The molecule has 0 saturated carbocycles. The van der Waals surface area contributed by atoms with E-state index in [1.807, 2.05) is 49.4 Å². The van der Waals surface area contributed by atoms with Gasteiger partial charge in [0.25, 0.3) is 0 Å². The lowest BCUT2D eigenvalue weighted by Gasteiger charge is -2.18. The van der Waals surface area contributed by atoms with Crippen LogP contribution in [0.4, 0.5) is 19.1 Å². The SMILES string of the molecule is Cc1oc(-c2ccccc2)nc1COc1cccc([C@@H]2CN(c3nccc(C(F)(F)F)n3)C[C@@H]2CC(=O)O)c1. The van der Waals surface area contributed by atoms with Crippen LogP contribution in [0.15, 0.2) is 71.3 Å². The fourth-order valence-corrected chi connectivity index (χ4v) is 4.75. The monoisotopic (exact) mass is 538 g/mol. The number of hydrogen-bond donors (Lipinski definition) is 1. The molecule has 8 nitrogen and oxygen atoms in total. The Morgan fingerprint density at radius 2 is 1.90 bits per heavy atom. The molecule has 0 bridgehead atoms. The molecule has 0 aliphatic carbocycles. The fourth-order valence-electron chi connectivity index (χ4n) is 4.75. The largest absolute Gasteiger partial charge is 0.487 e. The van der Waals surface area contributed by atoms with Crippen LogP contribution in [0.1, 0.15) is 35.1 Å². The topological polar surface area (TPSA) is 102 Å². The number of oxazole rings is 1. The summed E-state index contributed by atoms with van der Waals surface area (Å²) in [6.45, 7) is 2.46. The predicted octanol–water partition coefficient (Wildman–Crippen LogP) is 5.73. The second-order valence-corrected chi connectivity index (χ2v) is 9.36. The van der Waals surface area contributed by atoms with Crippen LogP contribution in [-0.4, -0.2) is 39.1 Å². The molecule has 1 N–H and O–H groups in total. The van der Waals surface area contributed by atoms with Crippen molar-refractivity contribution in [1.29, 1.82) is 0 Å². The zero-order valence-electron chi connectivity index (χ0n) is 20.9. The standard InChI is InChI=1S/C28H25F3N4O4/c1-17-23(33-26(39-17)18-6-3-2-4-7-18)16-38-21-9-5-8-19(12-21)22-15-35(14-20(22)13-25(36)37)27-32-11-10-24(34-27)28(29,30)31/h2-12,20,22H,13-16H2,1H3,(H,36,37)/t20-,22-/m0/s1. The summed E-state index contributed by atoms with van der Waals surface area (Å²) in [5.74, 6) is -0.00737. The highest BCUT2D eigenvalue weighted by Gasteiger charge is 2.38. The summed E-state index contributed by atoms with van der Waals surface area (Å²) in [7, 11) is 0. The van der Waals surface area contributed by atoms with Crippen LogP contribution in [-0.2, 0) is 17.6 Å². The molecule has 39 heavy (non-hydrogen) atoms. The molecular weight excluding hydrogens is 513 g/mol. The van der Waals surface area contributed by atoms with Gasteiger partial charge in [0.2, 0.25) is 11.8 Å². The van der Waals surface area contributed by atoms with E-state index >= 15 is 0 Å². The van der Waals surface area contributed by atoms with Crippen molar-refractivity contribution in [3.05, 3.63) is 89.6 Å². The van der Waals surface area contributed by atoms with Crippen molar-refractivity contribution in [3.63, 3.8) is 0 Å². The summed E-state index contributed by atoms with van der Waals surface area (Å²) in [5.41, 5.74) is 1.28. The van der Waals surface area contributed by atoms with Gasteiger partial charge < -0.3 is 19.2 Å². The first-order valence-corrected chi connectivity index (χ1v) is 12.3. The van der Waals surface area contributed by atoms with E-state index in [1.165, 1.54) is 0 Å². The lowest BCUT2D eigenvalue weighted by atomic mass is 9.87. The molecule has 0 radical (unpaired) electrons. The van der Waals surface area contributed by atoms with Crippen LogP contribution in [0.5, 0.6) is 5.75 Å². The molecule has 0 unspecified atom stereocenters. The number of anilines is 1. The van der Waals surface area contributed by atoms with Gasteiger partial charge in [-0.05, 0) is 48.7 Å². The van der Waals surface area contributed by atoms with Gasteiger partial charge in [-0.2, -0.15) is 13.2 Å². The number of aliphatic carboxylic acids is 1. The summed E-state index contributed by atoms with van der Waals surface area (Å²) in [6, 6.07) is 17.6. The molecule has 0 spiro atoms. The van der Waals surface area contributed by atoms with Crippen molar-refractivity contribution < 1.29 is 32.2 Å². The van der Waals surface area contributed by atoms with E-state index in [2.05, 4.69) is 15.0 Å². The van der Waals surface area contributed by atoms with Gasteiger partial charge in [-0.1, -0.05) is 30.3 Å². The van der Waals surface area contributed by atoms with Gasteiger partial charge in [0.05, 0.1) is 6.42 Å². The maximum Gasteiger partial charge on any atom is 0.433 e. The summed E-state index contributed by atoms with van der Waals surface area (Å²) in [5, 5.41) is 9.48. The number of halogens is 3. The number of aromatic nitrogens is 3. The number of hydrogen-bond acceptors (Lipinski definition) is 7. The summed E-state index contributed by atoms with van der Waals surface area (Å²) in [4.78, 5) is 25.4. The lowest BCUT2D eigenvalue weighted by Crippen LogP contribution is -2.24. The van der Waals surface area contributed by atoms with E-state index in [1.54, 1.807) is 17.0 Å². The molecule has 1 saturated heterocycles. The average molecular weight is 539 g/mol. The van der Waals surface area contributed by atoms with Crippen LogP contribution in [0, 0.1) is 12.8 Å². The summed E-state index contributed by atoms with van der Waals surface area (Å²) < 4.78 is 51.4.